The number of nitrogens with one attached hydrogen (secondary N) is 2. The summed E-state index contributed by atoms with van der Waals surface area (Å²) in [6, 6.07) is 11.9. The lowest BCUT2D eigenvalue weighted by Gasteiger charge is -2.17. The van der Waals surface area contributed by atoms with Gasteiger partial charge in [-0.3, -0.25) is 19.3 Å². The van der Waals surface area contributed by atoms with Crippen LogP contribution in [0.5, 0.6) is 5.75 Å². The molecule has 0 radical (unpaired) electrons. The van der Waals surface area contributed by atoms with Gasteiger partial charge in [-0.25, -0.2) is 13.2 Å². The number of amides is 2. The average molecular weight is 489 g/mol. The van der Waals surface area contributed by atoms with E-state index in [-0.39, 0.29) is 17.3 Å². The highest BCUT2D eigenvalue weighted by molar-refractivity contribution is 7.90. The molecule has 2 aromatic rings. The van der Waals surface area contributed by atoms with Crippen LogP contribution < -0.4 is 14.8 Å². The van der Waals surface area contributed by atoms with Crippen LogP contribution in [0.25, 0.3) is 0 Å². The second-order valence-electron chi connectivity index (χ2n) is 7.39. The predicted molar refractivity (Wildman–Crippen MR) is 123 cm³/mol. The summed E-state index contributed by atoms with van der Waals surface area (Å²) < 4.78 is 36.7. The van der Waals surface area contributed by atoms with Crippen LogP contribution in [0.1, 0.15) is 12.5 Å². The van der Waals surface area contributed by atoms with E-state index in [1.54, 1.807) is 42.5 Å². The highest BCUT2D eigenvalue weighted by Crippen LogP contribution is 2.22. The van der Waals surface area contributed by atoms with Gasteiger partial charge in [-0.15, -0.1) is 0 Å². The molecule has 11 nitrogen and oxygen atoms in total. The fourth-order valence-electron chi connectivity index (χ4n) is 3.04. The first-order valence-electron chi connectivity index (χ1n) is 10.1. The third-order valence-electron chi connectivity index (χ3n) is 4.82. The molecule has 0 bridgehead atoms. The Morgan fingerprint density at radius 2 is 1.88 bits per heavy atom. The molecule has 2 N–H and O–H groups in total. The van der Waals surface area contributed by atoms with Gasteiger partial charge in [-0.1, -0.05) is 18.2 Å². The molecule has 34 heavy (non-hydrogen) atoms. The van der Waals surface area contributed by atoms with Crippen molar-refractivity contribution in [1.82, 2.24) is 9.62 Å². The van der Waals surface area contributed by atoms with Crippen LogP contribution in [0.15, 0.2) is 58.4 Å². The lowest BCUT2D eigenvalue weighted by molar-refractivity contribution is -0.152. The largest absolute Gasteiger partial charge is 0.497 e. The maximum absolute atomic E-state index is 12.3. The summed E-state index contributed by atoms with van der Waals surface area (Å²) in [6.45, 7) is 0.559. The van der Waals surface area contributed by atoms with E-state index in [2.05, 4.69) is 15.0 Å². The summed E-state index contributed by atoms with van der Waals surface area (Å²) in [4.78, 5) is 42.0. The average Bonchev–Trinajstić information content (AvgIpc) is 3.06. The van der Waals surface area contributed by atoms with Gasteiger partial charge in [0.1, 0.15) is 17.6 Å². The van der Waals surface area contributed by atoms with Crippen molar-refractivity contribution in [1.29, 1.82) is 0 Å². The second kappa shape index (κ2) is 10.3. The third kappa shape index (κ3) is 5.90. The van der Waals surface area contributed by atoms with E-state index in [1.165, 1.54) is 27.1 Å². The number of nitrogens with zero attached hydrogens (tertiary/aromatic N) is 2. The SMILES string of the molecule is COc1cccc(NC(=O)CN(C)C(=O)COC(=O)[C@H](C)N=C2NS(=O)(=O)c3ccccc32)c1. The second-order valence-corrected chi connectivity index (χ2v) is 9.04. The first kappa shape index (κ1) is 24.7. The first-order valence-corrected chi connectivity index (χ1v) is 11.6. The highest BCUT2D eigenvalue weighted by atomic mass is 32.2. The van der Waals surface area contributed by atoms with Gasteiger partial charge in [-0.2, -0.15) is 0 Å². The number of fused-ring (bicyclic) bond motifs is 1. The van der Waals surface area contributed by atoms with Crippen molar-refractivity contribution in [3.05, 3.63) is 54.1 Å². The van der Waals surface area contributed by atoms with Gasteiger partial charge in [0.2, 0.25) is 5.91 Å². The molecule has 1 aliphatic rings. The quantitative estimate of drug-likeness (QED) is 0.522. The molecule has 12 heteroatoms. The van der Waals surface area contributed by atoms with Crippen LogP contribution in [0.4, 0.5) is 5.69 Å². The van der Waals surface area contributed by atoms with E-state index in [0.29, 0.717) is 17.0 Å². The van der Waals surface area contributed by atoms with E-state index >= 15 is 0 Å². The van der Waals surface area contributed by atoms with Crippen molar-refractivity contribution in [2.45, 2.75) is 17.9 Å². The summed E-state index contributed by atoms with van der Waals surface area (Å²) in [5, 5.41) is 2.65. The van der Waals surface area contributed by atoms with Gasteiger partial charge in [0.15, 0.2) is 6.61 Å². The summed E-state index contributed by atoms with van der Waals surface area (Å²) >= 11 is 0. The molecule has 0 aromatic heterocycles. The maximum atomic E-state index is 12.3. The van der Waals surface area contributed by atoms with Gasteiger partial charge in [0, 0.05) is 24.4 Å². The Kier molecular flexibility index (Phi) is 7.51. The molecule has 0 saturated heterocycles. The number of carbonyl (C=O) groups is 3. The lowest BCUT2D eigenvalue weighted by Crippen LogP contribution is -2.38. The number of aliphatic imine (C=N–C) groups is 1. The molecule has 3 rings (SSSR count). The summed E-state index contributed by atoms with van der Waals surface area (Å²) in [5.74, 6) is -1.26. The zero-order valence-corrected chi connectivity index (χ0v) is 19.6. The first-order chi connectivity index (χ1) is 16.1. The van der Waals surface area contributed by atoms with E-state index in [9.17, 15) is 22.8 Å². The van der Waals surface area contributed by atoms with Gasteiger partial charge < -0.3 is 19.7 Å². The molecular formula is C22H24N4O7S. The van der Waals surface area contributed by atoms with E-state index < -0.39 is 40.5 Å². The number of rotatable bonds is 8. The van der Waals surface area contributed by atoms with Crippen molar-refractivity contribution in [2.75, 3.05) is 32.6 Å². The van der Waals surface area contributed by atoms with Crippen LogP contribution in [-0.2, 0) is 29.1 Å². The topological polar surface area (TPSA) is 143 Å². The van der Waals surface area contributed by atoms with E-state index in [4.69, 9.17) is 9.47 Å². The molecule has 2 amide bonds. The normalized spacial score (nSPS) is 15.6. The van der Waals surface area contributed by atoms with Crippen molar-refractivity contribution >= 4 is 39.3 Å². The Morgan fingerprint density at radius 1 is 1.15 bits per heavy atom. The zero-order valence-electron chi connectivity index (χ0n) is 18.8. The minimum absolute atomic E-state index is 0.0257. The molecule has 0 unspecified atom stereocenters. The predicted octanol–water partition coefficient (Wildman–Crippen LogP) is 0.763. The van der Waals surface area contributed by atoms with Gasteiger partial charge in [0.05, 0.1) is 18.6 Å². The molecule has 1 aliphatic heterocycles. The number of amidine groups is 1. The zero-order chi connectivity index (χ0) is 24.9. The fraction of sp³-hybridized carbons (Fsp3) is 0.273. The molecule has 2 aromatic carbocycles. The number of sulfonamides is 1. The molecule has 180 valence electrons. The maximum Gasteiger partial charge on any atom is 0.331 e. The molecular weight excluding hydrogens is 464 g/mol. The van der Waals surface area contributed by atoms with Crippen molar-refractivity contribution < 1.29 is 32.3 Å². The van der Waals surface area contributed by atoms with Crippen LogP contribution >= 0.6 is 0 Å². The van der Waals surface area contributed by atoms with E-state index in [1.807, 2.05) is 0 Å². The number of ether oxygens (including phenoxy) is 2. The number of hydrogen-bond acceptors (Lipinski definition) is 8. The number of carbonyl (C=O) groups excluding carboxylic acids is 3. The van der Waals surface area contributed by atoms with Gasteiger partial charge >= 0.3 is 5.97 Å². The Morgan fingerprint density at radius 3 is 2.62 bits per heavy atom. The number of anilines is 1. The number of methoxy groups -OCH3 is 1. The fourth-order valence-corrected chi connectivity index (χ4v) is 4.28. The van der Waals surface area contributed by atoms with Crippen LogP contribution in [0.2, 0.25) is 0 Å². The highest BCUT2D eigenvalue weighted by Gasteiger charge is 2.31. The van der Waals surface area contributed by atoms with E-state index in [0.717, 1.165) is 4.90 Å². The Hall–Kier alpha value is -3.93. The van der Waals surface area contributed by atoms with Gasteiger partial charge in [-0.05, 0) is 31.2 Å². The van der Waals surface area contributed by atoms with Crippen molar-refractivity contribution in [2.24, 2.45) is 4.99 Å². The van der Waals surface area contributed by atoms with Gasteiger partial charge in [0.25, 0.3) is 15.9 Å². The number of benzene rings is 2. The van der Waals surface area contributed by atoms with Crippen LogP contribution in [0.3, 0.4) is 0 Å². The standard InChI is InChI=1S/C22H24N4O7S/c1-14(23-21-17-9-4-5-10-18(17)34(30,31)25-21)22(29)33-13-20(28)26(2)12-19(27)24-15-7-6-8-16(11-15)32-3/h4-11,14H,12-13H2,1-3H3,(H,23,25)(H,24,27)/t14-/m0/s1. The Bertz CT molecular complexity index is 1240. The molecule has 0 saturated carbocycles. The Balaban J connectivity index is 1.51. The van der Waals surface area contributed by atoms with Crippen LogP contribution in [0, 0.1) is 0 Å². The number of likely N-dealkylation sites (N-methyl/N-ethyl adjacent to an activating group) is 1. The summed E-state index contributed by atoms with van der Waals surface area (Å²) in [7, 11) is -0.835. The molecule has 1 atom stereocenters. The van der Waals surface area contributed by atoms with Crippen LogP contribution in [-0.4, -0.2) is 70.3 Å². The minimum atomic E-state index is -3.74. The molecule has 0 aliphatic carbocycles. The molecule has 1 heterocycles. The number of esters is 1. The smallest absolute Gasteiger partial charge is 0.331 e. The lowest BCUT2D eigenvalue weighted by atomic mass is 10.2. The summed E-state index contributed by atoms with van der Waals surface area (Å²) in [6.07, 6.45) is 0. The third-order valence-corrected chi connectivity index (χ3v) is 6.22. The van der Waals surface area contributed by atoms with Crippen molar-refractivity contribution in [3.63, 3.8) is 0 Å². The number of hydrogen-bond donors (Lipinski definition) is 2. The summed E-state index contributed by atoms with van der Waals surface area (Å²) in [5.41, 5.74) is 0.855. The van der Waals surface area contributed by atoms with Crippen molar-refractivity contribution in [3.8, 4) is 5.75 Å². The Labute approximate surface area is 196 Å². The molecule has 0 fully saturated rings. The monoisotopic (exact) mass is 488 g/mol. The molecule has 0 spiro atoms. The minimum Gasteiger partial charge on any atom is -0.497 e.